The molecule has 0 aromatic heterocycles. The van der Waals surface area contributed by atoms with Gasteiger partial charge >= 0.3 is 5.97 Å². The topological polar surface area (TPSA) is 73.9 Å². The largest absolute Gasteiger partial charge is 0.497 e. The van der Waals surface area contributed by atoms with Crippen LogP contribution in [0.5, 0.6) is 11.5 Å². The third kappa shape index (κ3) is 7.81. The maximum atomic E-state index is 12.2. The Labute approximate surface area is 184 Å². The second-order valence-electron chi connectivity index (χ2n) is 7.68. The third-order valence-corrected chi connectivity index (χ3v) is 4.68. The first-order chi connectivity index (χ1) is 14.8. The molecule has 0 aliphatic carbocycles. The fourth-order valence-corrected chi connectivity index (χ4v) is 3.09. The standard InChI is InChI=1S/C25H31NO5/c1-17(2)14-19-6-8-20(9-7-19)18(3)26-24(27)16-31-25(28)13-10-21-15-22(29-4)11-12-23(21)30-5/h6-13,15,17-18H,14,16H2,1-5H3,(H,26,27)/b13-10+/t18-/m1/s1. The summed E-state index contributed by atoms with van der Waals surface area (Å²) in [4.78, 5) is 24.1. The van der Waals surface area contributed by atoms with Crippen molar-refractivity contribution < 1.29 is 23.8 Å². The second-order valence-corrected chi connectivity index (χ2v) is 7.68. The second kappa shape index (κ2) is 11.8. The Hall–Kier alpha value is -3.28. The van der Waals surface area contributed by atoms with Crippen molar-refractivity contribution in [2.75, 3.05) is 20.8 Å². The van der Waals surface area contributed by atoms with Gasteiger partial charge in [-0.15, -0.1) is 0 Å². The minimum atomic E-state index is -0.620. The van der Waals surface area contributed by atoms with Gasteiger partial charge in [-0.3, -0.25) is 4.79 Å². The lowest BCUT2D eigenvalue weighted by Gasteiger charge is -2.15. The molecule has 0 radical (unpaired) electrons. The lowest BCUT2D eigenvalue weighted by Crippen LogP contribution is -2.30. The van der Waals surface area contributed by atoms with Crippen LogP contribution in [0.25, 0.3) is 6.08 Å². The maximum absolute atomic E-state index is 12.2. The minimum absolute atomic E-state index is 0.184. The molecule has 31 heavy (non-hydrogen) atoms. The Bertz CT molecular complexity index is 903. The van der Waals surface area contributed by atoms with Crippen LogP contribution < -0.4 is 14.8 Å². The van der Waals surface area contributed by atoms with Crippen LogP contribution in [-0.4, -0.2) is 32.7 Å². The fraction of sp³-hybridized carbons (Fsp3) is 0.360. The average Bonchev–Trinajstić information content (AvgIpc) is 2.76. The van der Waals surface area contributed by atoms with Gasteiger partial charge in [-0.1, -0.05) is 38.1 Å². The summed E-state index contributed by atoms with van der Waals surface area (Å²) in [5, 5.41) is 2.84. The van der Waals surface area contributed by atoms with Gasteiger partial charge in [0.1, 0.15) is 11.5 Å². The third-order valence-electron chi connectivity index (χ3n) is 4.68. The summed E-state index contributed by atoms with van der Waals surface area (Å²) < 4.78 is 15.5. The van der Waals surface area contributed by atoms with Crippen molar-refractivity contribution in [2.45, 2.75) is 33.2 Å². The van der Waals surface area contributed by atoms with E-state index < -0.39 is 5.97 Å². The number of hydrogen-bond donors (Lipinski definition) is 1. The SMILES string of the molecule is COc1ccc(OC)c(/C=C/C(=O)OCC(=O)N[C@H](C)c2ccc(CC(C)C)cc2)c1. The molecule has 0 bridgehead atoms. The number of nitrogens with one attached hydrogen (secondary N) is 1. The summed E-state index contributed by atoms with van der Waals surface area (Å²) in [6.07, 6.45) is 3.83. The zero-order valence-electron chi connectivity index (χ0n) is 18.8. The molecule has 1 amide bonds. The predicted molar refractivity (Wildman–Crippen MR) is 121 cm³/mol. The van der Waals surface area contributed by atoms with Gasteiger partial charge < -0.3 is 19.5 Å². The monoisotopic (exact) mass is 425 g/mol. The van der Waals surface area contributed by atoms with Crippen LogP contribution in [0, 0.1) is 5.92 Å². The Morgan fingerprint density at radius 2 is 1.71 bits per heavy atom. The van der Waals surface area contributed by atoms with Gasteiger partial charge in [0.25, 0.3) is 5.91 Å². The van der Waals surface area contributed by atoms with E-state index >= 15 is 0 Å². The maximum Gasteiger partial charge on any atom is 0.331 e. The summed E-state index contributed by atoms with van der Waals surface area (Å²) >= 11 is 0. The molecule has 1 atom stereocenters. The van der Waals surface area contributed by atoms with Crippen molar-refractivity contribution in [1.82, 2.24) is 5.32 Å². The highest BCUT2D eigenvalue weighted by molar-refractivity contribution is 5.89. The molecule has 2 aromatic carbocycles. The molecule has 0 saturated heterocycles. The highest BCUT2D eigenvalue weighted by Crippen LogP contribution is 2.25. The van der Waals surface area contributed by atoms with Gasteiger partial charge in [0.2, 0.25) is 0 Å². The molecule has 2 rings (SSSR count). The Morgan fingerprint density at radius 1 is 1.00 bits per heavy atom. The van der Waals surface area contributed by atoms with Gasteiger partial charge in [-0.05, 0) is 54.7 Å². The summed E-state index contributed by atoms with van der Waals surface area (Å²) in [6, 6.07) is 13.2. The van der Waals surface area contributed by atoms with Crippen molar-refractivity contribution >= 4 is 18.0 Å². The zero-order valence-corrected chi connectivity index (χ0v) is 18.8. The van der Waals surface area contributed by atoms with Crippen LogP contribution in [0.1, 0.15) is 43.5 Å². The summed E-state index contributed by atoms with van der Waals surface area (Å²) in [5.74, 6) is 0.845. The van der Waals surface area contributed by atoms with Crippen molar-refractivity contribution in [1.29, 1.82) is 0 Å². The van der Waals surface area contributed by atoms with E-state index in [1.54, 1.807) is 38.5 Å². The van der Waals surface area contributed by atoms with Gasteiger partial charge in [-0.25, -0.2) is 4.79 Å². The first-order valence-electron chi connectivity index (χ1n) is 10.3. The summed E-state index contributed by atoms with van der Waals surface area (Å²) in [6.45, 7) is 5.90. The Balaban J connectivity index is 1.85. The number of amides is 1. The minimum Gasteiger partial charge on any atom is -0.497 e. The smallest absolute Gasteiger partial charge is 0.331 e. The number of rotatable bonds is 10. The number of methoxy groups -OCH3 is 2. The van der Waals surface area contributed by atoms with Crippen molar-refractivity contribution in [3.63, 3.8) is 0 Å². The van der Waals surface area contributed by atoms with Gasteiger partial charge in [-0.2, -0.15) is 0 Å². The molecule has 0 aliphatic rings. The predicted octanol–water partition coefficient (Wildman–Crippen LogP) is 4.34. The highest BCUT2D eigenvalue weighted by atomic mass is 16.5. The molecule has 0 heterocycles. The number of ether oxygens (including phenoxy) is 3. The first-order valence-corrected chi connectivity index (χ1v) is 10.3. The number of carbonyl (C=O) groups excluding carboxylic acids is 2. The van der Waals surface area contributed by atoms with Crippen LogP contribution >= 0.6 is 0 Å². The summed E-state index contributed by atoms with van der Waals surface area (Å²) in [7, 11) is 3.10. The normalized spacial score (nSPS) is 11.9. The number of carbonyl (C=O) groups is 2. The van der Waals surface area contributed by atoms with E-state index in [1.807, 2.05) is 19.1 Å². The number of hydrogen-bond acceptors (Lipinski definition) is 5. The molecule has 0 fully saturated rings. The van der Waals surface area contributed by atoms with Gasteiger partial charge in [0.15, 0.2) is 6.61 Å². The van der Waals surface area contributed by atoms with E-state index in [1.165, 1.54) is 11.6 Å². The lowest BCUT2D eigenvalue weighted by atomic mass is 10.00. The summed E-state index contributed by atoms with van der Waals surface area (Å²) in [5.41, 5.74) is 2.93. The van der Waals surface area contributed by atoms with Crippen molar-refractivity contribution in [3.8, 4) is 11.5 Å². The van der Waals surface area contributed by atoms with Gasteiger partial charge in [0, 0.05) is 11.6 Å². The number of benzene rings is 2. The molecule has 0 saturated carbocycles. The molecular formula is C25H31NO5. The first kappa shape index (κ1) is 24.0. The molecule has 166 valence electrons. The average molecular weight is 426 g/mol. The van der Waals surface area contributed by atoms with E-state index in [9.17, 15) is 9.59 Å². The molecular weight excluding hydrogens is 394 g/mol. The van der Waals surface area contributed by atoms with E-state index in [-0.39, 0.29) is 18.6 Å². The number of esters is 1. The quantitative estimate of drug-likeness (QED) is 0.453. The lowest BCUT2D eigenvalue weighted by molar-refractivity contribution is -0.144. The van der Waals surface area contributed by atoms with Crippen molar-refractivity contribution in [2.24, 2.45) is 5.92 Å². The zero-order chi connectivity index (χ0) is 22.8. The van der Waals surface area contributed by atoms with Crippen LogP contribution in [0.4, 0.5) is 0 Å². The molecule has 0 aliphatic heterocycles. The fourth-order valence-electron chi connectivity index (χ4n) is 3.09. The Kier molecular flexibility index (Phi) is 9.13. The highest BCUT2D eigenvalue weighted by Gasteiger charge is 2.12. The molecule has 0 spiro atoms. The van der Waals surface area contributed by atoms with Crippen LogP contribution in [0.15, 0.2) is 48.5 Å². The Morgan fingerprint density at radius 3 is 2.32 bits per heavy atom. The van der Waals surface area contributed by atoms with E-state index in [0.29, 0.717) is 23.0 Å². The molecule has 1 N–H and O–H groups in total. The van der Waals surface area contributed by atoms with E-state index in [4.69, 9.17) is 14.2 Å². The van der Waals surface area contributed by atoms with Crippen LogP contribution in [-0.2, 0) is 20.7 Å². The molecule has 6 nitrogen and oxygen atoms in total. The molecule has 0 unspecified atom stereocenters. The molecule has 6 heteroatoms. The van der Waals surface area contributed by atoms with Crippen LogP contribution in [0.2, 0.25) is 0 Å². The van der Waals surface area contributed by atoms with E-state index in [2.05, 4.69) is 31.3 Å². The van der Waals surface area contributed by atoms with E-state index in [0.717, 1.165) is 12.0 Å². The van der Waals surface area contributed by atoms with Crippen molar-refractivity contribution in [3.05, 3.63) is 65.2 Å². The molecule has 2 aromatic rings. The van der Waals surface area contributed by atoms with Crippen LogP contribution in [0.3, 0.4) is 0 Å². The van der Waals surface area contributed by atoms with Gasteiger partial charge in [0.05, 0.1) is 20.3 Å².